The van der Waals surface area contributed by atoms with E-state index in [1.54, 1.807) is 6.07 Å². The second-order valence-electron chi connectivity index (χ2n) is 5.63. The highest BCUT2D eigenvalue weighted by Crippen LogP contribution is 2.24. The standard InChI is InChI=1S/C17H21BrFNO2/c1-2-20(13-6-4-3-5-7-13)17(22)12-8-9-14(15(19)10-12)16(21)11-18/h8-10,13H,2-7,11H2,1H3. The molecule has 22 heavy (non-hydrogen) atoms. The molecule has 0 atom stereocenters. The molecule has 0 aliphatic heterocycles. The molecule has 0 heterocycles. The van der Waals surface area contributed by atoms with Gasteiger partial charge >= 0.3 is 0 Å². The summed E-state index contributed by atoms with van der Waals surface area (Å²) in [6.07, 6.45) is 5.54. The van der Waals surface area contributed by atoms with E-state index in [0.717, 1.165) is 25.7 Å². The van der Waals surface area contributed by atoms with E-state index in [2.05, 4.69) is 15.9 Å². The minimum Gasteiger partial charge on any atom is -0.336 e. The Labute approximate surface area is 139 Å². The minimum absolute atomic E-state index is 0.0224. The number of halogens is 2. The Balaban J connectivity index is 2.20. The Morgan fingerprint density at radius 3 is 2.50 bits per heavy atom. The lowest BCUT2D eigenvalue weighted by atomic mass is 9.93. The van der Waals surface area contributed by atoms with Gasteiger partial charge in [-0.05, 0) is 38.0 Å². The normalized spacial score (nSPS) is 15.6. The van der Waals surface area contributed by atoms with Crippen molar-refractivity contribution in [1.82, 2.24) is 4.90 Å². The lowest BCUT2D eigenvalue weighted by Gasteiger charge is -2.33. The van der Waals surface area contributed by atoms with Gasteiger partial charge < -0.3 is 4.90 Å². The SMILES string of the molecule is CCN(C(=O)c1ccc(C(=O)CBr)c(F)c1)C1CCCCC1. The van der Waals surface area contributed by atoms with Gasteiger partial charge in [0.1, 0.15) is 5.82 Å². The van der Waals surface area contributed by atoms with Crippen LogP contribution >= 0.6 is 15.9 Å². The third-order valence-corrected chi connectivity index (χ3v) is 4.76. The van der Waals surface area contributed by atoms with Crippen molar-refractivity contribution in [3.05, 3.63) is 35.1 Å². The number of benzene rings is 1. The maximum absolute atomic E-state index is 14.0. The second kappa shape index (κ2) is 7.86. The van der Waals surface area contributed by atoms with Gasteiger partial charge in [-0.25, -0.2) is 4.39 Å². The molecule has 1 amide bonds. The van der Waals surface area contributed by atoms with Crippen molar-refractivity contribution in [3.63, 3.8) is 0 Å². The first-order valence-electron chi connectivity index (χ1n) is 7.78. The smallest absolute Gasteiger partial charge is 0.254 e. The van der Waals surface area contributed by atoms with Crippen LogP contribution in [0.5, 0.6) is 0 Å². The van der Waals surface area contributed by atoms with E-state index in [4.69, 9.17) is 0 Å². The predicted octanol–water partition coefficient (Wildman–Crippen LogP) is 4.20. The van der Waals surface area contributed by atoms with Crippen molar-refractivity contribution in [2.75, 3.05) is 11.9 Å². The number of carbonyl (C=O) groups is 2. The van der Waals surface area contributed by atoms with Crippen molar-refractivity contribution in [2.45, 2.75) is 45.1 Å². The number of hydrogen-bond acceptors (Lipinski definition) is 2. The number of alkyl halides is 1. The van der Waals surface area contributed by atoms with Crippen molar-refractivity contribution >= 4 is 27.6 Å². The summed E-state index contributed by atoms with van der Waals surface area (Å²) in [5, 5.41) is 0.0698. The molecule has 2 rings (SSSR count). The van der Waals surface area contributed by atoms with Gasteiger partial charge in [-0.2, -0.15) is 0 Å². The number of Topliss-reactive ketones (excluding diaryl/α,β-unsaturated/α-hetero) is 1. The number of ketones is 1. The van der Waals surface area contributed by atoms with E-state index in [1.165, 1.54) is 18.6 Å². The third-order valence-electron chi connectivity index (χ3n) is 4.25. The molecule has 0 unspecified atom stereocenters. The zero-order valence-electron chi connectivity index (χ0n) is 12.8. The highest BCUT2D eigenvalue weighted by Gasteiger charge is 2.25. The molecule has 0 spiro atoms. The van der Waals surface area contributed by atoms with Crippen LogP contribution < -0.4 is 0 Å². The maximum atomic E-state index is 14.0. The zero-order valence-corrected chi connectivity index (χ0v) is 14.4. The summed E-state index contributed by atoms with van der Waals surface area (Å²) in [5.41, 5.74) is 0.338. The molecule has 0 aromatic heterocycles. The summed E-state index contributed by atoms with van der Waals surface area (Å²) >= 11 is 3.03. The van der Waals surface area contributed by atoms with Crippen molar-refractivity contribution in [2.24, 2.45) is 0 Å². The van der Waals surface area contributed by atoms with Crippen LogP contribution in [0.25, 0.3) is 0 Å². The van der Waals surface area contributed by atoms with Gasteiger partial charge in [-0.3, -0.25) is 9.59 Å². The number of amides is 1. The van der Waals surface area contributed by atoms with Crippen LogP contribution in [-0.4, -0.2) is 34.5 Å². The van der Waals surface area contributed by atoms with E-state index in [1.807, 2.05) is 11.8 Å². The second-order valence-corrected chi connectivity index (χ2v) is 6.20. The van der Waals surface area contributed by atoms with Crippen molar-refractivity contribution < 1.29 is 14.0 Å². The summed E-state index contributed by atoms with van der Waals surface area (Å²) in [7, 11) is 0. The molecule has 0 bridgehead atoms. The van der Waals surface area contributed by atoms with Crippen LogP contribution in [0, 0.1) is 5.82 Å². The molecule has 3 nitrogen and oxygen atoms in total. The largest absolute Gasteiger partial charge is 0.336 e. The van der Waals surface area contributed by atoms with Crippen LogP contribution in [0.3, 0.4) is 0 Å². The average Bonchev–Trinajstić information content (AvgIpc) is 2.55. The Morgan fingerprint density at radius 2 is 1.95 bits per heavy atom. The number of nitrogens with zero attached hydrogens (tertiary/aromatic N) is 1. The lowest BCUT2D eigenvalue weighted by Crippen LogP contribution is -2.41. The minimum atomic E-state index is -0.630. The Morgan fingerprint density at radius 1 is 1.27 bits per heavy atom. The van der Waals surface area contributed by atoms with Gasteiger partial charge in [0.05, 0.1) is 10.9 Å². The Hall–Kier alpha value is -1.23. The average molecular weight is 370 g/mol. The molecule has 1 fully saturated rings. The number of hydrogen-bond donors (Lipinski definition) is 0. The third kappa shape index (κ3) is 3.75. The molecule has 1 aliphatic rings. The summed E-state index contributed by atoms with van der Waals surface area (Å²) in [6.45, 7) is 2.57. The lowest BCUT2D eigenvalue weighted by molar-refractivity contribution is 0.0647. The molecular weight excluding hydrogens is 349 g/mol. The first-order chi connectivity index (χ1) is 10.6. The van der Waals surface area contributed by atoms with Crippen LogP contribution in [0.2, 0.25) is 0 Å². The molecular formula is C17H21BrFNO2. The van der Waals surface area contributed by atoms with E-state index < -0.39 is 5.82 Å². The highest BCUT2D eigenvalue weighted by atomic mass is 79.9. The van der Waals surface area contributed by atoms with E-state index in [0.29, 0.717) is 12.1 Å². The Bertz CT molecular complexity index is 556. The molecule has 5 heteroatoms. The number of rotatable bonds is 5. The summed E-state index contributed by atoms with van der Waals surface area (Å²) < 4.78 is 14.0. The fourth-order valence-corrected chi connectivity index (χ4v) is 3.37. The zero-order chi connectivity index (χ0) is 16.1. The monoisotopic (exact) mass is 369 g/mol. The van der Waals surface area contributed by atoms with Gasteiger partial charge in [0.15, 0.2) is 5.78 Å². The first-order valence-corrected chi connectivity index (χ1v) is 8.90. The molecule has 1 aliphatic carbocycles. The van der Waals surface area contributed by atoms with Gasteiger partial charge in [-0.1, -0.05) is 35.2 Å². The van der Waals surface area contributed by atoms with Gasteiger partial charge in [-0.15, -0.1) is 0 Å². The molecule has 0 radical (unpaired) electrons. The number of carbonyl (C=O) groups excluding carboxylic acids is 2. The summed E-state index contributed by atoms with van der Waals surface area (Å²) in [5.74, 6) is -1.10. The van der Waals surface area contributed by atoms with E-state index >= 15 is 0 Å². The molecule has 0 N–H and O–H groups in total. The highest BCUT2D eigenvalue weighted by molar-refractivity contribution is 9.09. The summed E-state index contributed by atoms with van der Waals surface area (Å²) in [4.78, 5) is 26.0. The first kappa shape index (κ1) is 17.1. The van der Waals surface area contributed by atoms with Crippen molar-refractivity contribution in [3.8, 4) is 0 Å². The molecule has 1 saturated carbocycles. The van der Waals surface area contributed by atoms with Crippen LogP contribution in [0.1, 0.15) is 59.7 Å². The van der Waals surface area contributed by atoms with Gasteiger partial charge in [0.25, 0.3) is 5.91 Å². The molecule has 1 aromatic rings. The topological polar surface area (TPSA) is 37.4 Å². The molecule has 120 valence electrons. The van der Waals surface area contributed by atoms with Crippen LogP contribution in [0.15, 0.2) is 18.2 Å². The fraction of sp³-hybridized carbons (Fsp3) is 0.529. The summed E-state index contributed by atoms with van der Waals surface area (Å²) in [6, 6.07) is 4.38. The molecule has 1 aromatic carbocycles. The maximum Gasteiger partial charge on any atom is 0.254 e. The fourth-order valence-electron chi connectivity index (χ4n) is 3.07. The van der Waals surface area contributed by atoms with Gasteiger partial charge in [0.2, 0.25) is 0 Å². The predicted molar refractivity (Wildman–Crippen MR) is 88.1 cm³/mol. The van der Waals surface area contributed by atoms with E-state index in [9.17, 15) is 14.0 Å². The quantitative estimate of drug-likeness (QED) is 0.576. The van der Waals surface area contributed by atoms with Gasteiger partial charge in [0, 0.05) is 18.2 Å². The van der Waals surface area contributed by atoms with Crippen LogP contribution in [0.4, 0.5) is 4.39 Å². The Kier molecular flexibility index (Phi) is 6.12. The van der Waals surface area contributed by atoms with E-state index in [-0.39, 0.29) is 28.6 Å². The van der Waals surface area contributed by atoms with Crippen molar-refractivity contribution in [1.29, 1.82) is 0 Å². The molecule has 0 saturated heterocycles. The van der Waals surface area contributed by atoms with Crippen LogP contribution in [-0.2, 0) is 0 Å².